The highest BCUT2D eigenvalue weighted by molar-refractivity contribution is 5.78. The highest BCUT2D eigenvalue weighted by Crippen LogP contribution is 2.16. The third-order valence-electron chi connectivity index (χ3n) is 4.46. The van der Waals surface area contributed by atoms with Crippen LogP contribution in [0.15, 0.2) is 42.7 Å². The van der Waals surface area contributed by atoms with Crippen LogP contribution in [-0.2, 0) is 11.3 Å². The molecule has 0 aliphatic carbocycles. The normalized spacial score (nSPS) is 15.3. The topological polar surface area (TPSA) is 70.6 Å². The molecule has 0 radical (unpaired) electrons. The van der Waals surface area contributed by atoms with Gasteiger partial charge in [-0.1, -0.05) is 18.2 Å². The number of carbonyl (C=O) groups is 1. The zero-order chi connectivity index (χ0) is 18.2. The molecule has 0 spiro atoms. The molecule has 3 rings (SSSR count). The average Bonchev–Trinajstić information content (AvgIpc) is 2.93. The van der Waals surface area contributed by atoms with Crippen molar-refractivity contribution in [2.24, 2.45) is 0 Å². The van der Waals surface area contributed by atoms with Crippen LogP contribution < -0.4 is 15.0 Å². The van der Waals surface area contributed by atoms with Crippen molar-refractivity contribution in [1.29, 1.82) is 0 Å². The Bertz CT molecular complexity index is 710. The number of para-hydroxylation sites is 1. The van der Waals surface area contributed by atoms with E-state index in [1.807, 2.05) is 30.3 Å². The van der Waals surface area contributed by atoms with E-state index in [1.54, 1.807) is 19.5 Å². The third kappa shape index (κ3) is 4.92. The molecule has 1 aromatic carbocycles. The Morgan fingerprint density at radius 1 is 1.12 bits per heavy atom. The molecule has 1 aliphatic rings. The Morgan fingerprint density at radius 3 is 2.73 bits per heavy atom. The number of hydrogen-bond donors (Lipinski definition) is 1. The van der Waals surface area contributed by atoms with Crippen LogP contribution in [0.3, 0.4) is 0 Å². The fourth-order valence-electron chi connectivity index (χ4n) is 3.09. The molecule has 2 aromatic rings. The molecule has 1 aromatic heterocycles. The molecule has 1 fully saturated rings. The number of hydrogen-bond acceptors (Lipinski definition) is 6. The van der Waals surface area contributed by atoms with Crippen LogP contribution in [0, 0.1) is 0 Å². The van der Waals surface area contributed by atoms with Crippen molar-refractivity contribution in [3.63, 3.8) is 0 Å². The SMILES string of the molecule is COc1ccccc1CNC(=O)CN1CCCN(c2ncccn2)CC1. The van der Waals surface area contributed by atoms with Crippen LogP contribution in [0.4, 0.5) is 5.95 Å². The fraction of sp³-hybridized carbons (Fsp3) is 0.421. The second kappa shape index (κ2) is 9.15. The highest BCUT2D eigenvalue weighted by atomic mass is 16.5. The van der Waals surface area contributed by atoms with E-state index in [0.717, 1.165) is 49.9 Å². The summed E-state index contributed by atoms with van der Waals surface area (Å²) in [6.45, 7) is 4.32. The van der Waals surface area contributed by atoms with Gasteiger partial charge in [0.15, 0.2) is 0 Å². The predicted molar refractivity (Wildman–Crippen MR) is 100 cm³/mol. The van der Waals surface area contributed by atoms with Crippen LogP contribution >= 0.6 is 0 Å². The van der Waals surface area contributed by atoms with Crippen LogP contribution in [0.5, 0.6) is 5.75 Å². The Labute approximate surface area is 154 Å². The maximum atomic E-state index is 12.3. The molecule has 2 heterocycles. The molecule has 1 aliphatic heterocycles. The van der Waals surface area contributed by atoms with Gasteiger partial charge in [0.05, 0.1) is 13.7 Å². The third-order valence-corrected chi connectivity index (χ3v) is 4.46. The first-order valence-corrected chi connectivity index (χ1v) is 8.89. The number of rotatable bonds is 6. The van der Waals surface area contributed by atoms with Crippen LogP contribution in [-0.4, -0.2) is 60.6 Å². The van der Waals surface area contributed by atoms with Crippen molar-refractivity contribution in [3.8, 4) is 5.75 Å². The van der Waals surface area contributed by atoms with Crippen molar-refractivity contribution in [2.45, 2.75) is 13.0 Å². The highest BCUT2D eigenvalue weighted by Gasteiger charge is 2.18. The minimum atomic E-state index is 0.0281. The number of carbonyl (C=O) groups excluding carboxylic acids is 1. The summed E-state index contributed by atoms with van der Waals surface area (Å²) in [4.78, 5) is 25.3. The van der Waals surface area contributed by atoms with E-state index in [9.17, 15) is 4.79 Å². The monoisotopic (exact) mass is 355 g/mol. The Morgan fingerprint density at radius 2 is 1.92 bits per heavy atom. The van der Waals surface area contributed by atoms with Crippen LogP contribution in [0.2, 0.25) is 0 Å². The Kier molecular flexibility index (Phi) is 6.38. The number of benzene rings is 1. The molecule has 138 valence electrons. The number of methoxy groups -OCH3 is 1. The summed E-state index contributed by atoms with van der Waals surface area (Å²) in [6.07, 6.45) is 4.50. The lowest BCUT2D eigenvalue weighted by Crippen LogP contribution is -2.39. The number of amides is 1. The lowest BCUT2D eigenvalue weighted by molar-refractivity contribution is -0.122. The molecule has 26 heavy (non-hydrogen) atoms. The summed E-state index contributed by atoms with van der Waals surface area (Å²) >= 11 is 0. The van der Waals surface area contributed by atoms with Gasteiger partial charge < -0.3 is 15.0 Å². The summed E-state index contributed by atoms with van der Waals surface area (Å²) in [6, 6.07) is 9.54. The minimum Gasteiger partial charge on any atom is -0.496 e. The average molecular weight is 355 g/mol. The van der Waals surface area contributed by atoms with E-state index in [0.29, 0.717) is 13.1 Å². The van der Waals surface area contributed by atoms with Crippen molar-refractivity contribution >= 4 is 11.9 Å². The second-order valence-corrected chi connectivity index (χ2v) is 6.25. The smallest absolute Gasteiger partial charge is 0.234 e. The molecule has 1 amide bonds. The Hall–Kier alpha value is -2.67. The molecule has 0 unspecified atom stereocenters. The predicted octanol–water partition coefficient (Wildman–Crippen LogP) is 1.31. The van der Waals surface area contributed by atoms with Crippen molar-refractivity contribution in [3.05, 3.63) is 48.3 Å². The van der Waals surface area contributed by atoms with Gasteiger partial charge >= 0.3 is 0 Å². The number of nitrogens with zero attached hydrogens (tertiary/aromatic N) is 4. The lowest BCUT2D eigenvalue weighted by atomic mass is 10.2. The van der Waals surface area contributed by atoms with Gasteiger partial charge in [-0.3, -0.25) is 9.69 Å². The van der Waals surface area contributed by atoms with E-state index >= 15 is 0 Å². The van der Waals surface area contributed by atoms with Gasteiger partial charge in [-0.25, -0.2) is 9.97 Å². The molecular weight excluding hydrogens is 330 g/mol. The van der Waals surface area contributed by atoms with E-state index < -0.39 is 0 Å². The van der Waals surface area contributed by atoms with Gasteiger partial charge in [0, 0.05) is 50.7 Å². The molecular formula is C19H25N5O2. The molecule has 7 nitrogen and oxygen atoms in total. The molecule has 0 saturated carbocycles. The quantitative estimate of drug-likeness (QED) is 0.843. The number of nitrogens with one attached hydrogen (secondary N) is 1. The zero-order valence-corrected chi connectivity index (χ0v) is 15.1. The maximum absolute atomic E-state index is 12.3. The van der Waals surface area contributed by atoms with E-state index in [-0.39, 0.29) is 5.91 Å². The van der Waals surface area contributed by atoms with Gasteiger partial charge in [-0.05, 0) is 18.6 Å². The van der Waals surface area contributed by atoms with E-state index in [1.165, 1.54) is 0 Å². The van der Waals surface area contributed by atoms with Crippen LogP contribution in [0.25, 0.3) is 0 Å². The fourth-order valence-corrected chi connectivity index (χ4v) is 3.09. The zero-order valence-electron chi connectivity index (χ0n) is 15.1. The van der Waals surface area contributed by atoms with Gasteiger partial charge in [-0.15, -0.1) is 0 Å². The van der Waals surface area contributed by atoms with Crippen molar-refractivity contribution < 1.29 is 9.53 Å². The maximum Gasteiger partial charge on any atom is 0.234 e. The first-order chi connectivity index (χ1) is 12.8. The number of aromatic nitrogens is 2. The minimum absolute atomic E-state index is 0.0281. The summed E-state index contributed by atoms with van der Waals surface area (Å²) < 4.78 is 5.32. The first-order valence-electron chi connectivity index (χ1n) is 8.89. The van der Waals surface area contributed by atoms with Crippen molar-refractivity contribution in [1.82, 2.24) is 20.2 Å². The summed E-state index contributed by atoms with van der Waals surface area (Å²) in [7, 11) is 1.64. The largest absolute Gasteiger partial charge is 0.496 e. The second-order valence-electron chi connectivity index (χ2n) is 6.25. The first kappa shape index (κ1) is 18.1. The lowest BCUT2D eigenvalue weighted by Gasteiger charge is -2.21. The Balaban J connectivity index is 1.47. The van der Waals surface area contributed by atoms with Gasteiger partial charge in [0.25, 0.3) is 0 Å². The van der Waals surface area contributed by atoms with E-state index in [2.05, 4.69) is 25.1 Å². The van der Waals surface area contributed by atoms with Gasteiger partial charge in [0.2, 0.25) is 11.9 Å². The molecule has 0 atom stereocenters. The van der Waals surface area contributed by atoms with Gasteiger partial charge in [-0.2, -0.15) is 0 Å². The standard InChI is InChI=1S/C19H25N5O2/c1-26-17-7-3-2-6-16(17)14-22-18(25)15-23-10-5-11-24(13-12-23)19-20-8-4-9-21-19/h2-4,6-9H,5,10-15H2,1H3,(H,22,25). The molecule has 1 N–H and O–H groups in total. The van der Waals surface area contributed by atoms with Crippen LogP contribution in [0.1, 0.15) is 12.0 Å². The summed E-state index contributed by atoms with van der Waals surface area (Å²) in [5, 5.41) is 2.99. The summed E-state index contributed by atoms with van der Waals surface area (Å²) in [5.74, 6) is 1.58. The summed E-state index contributed by atoms with van der Waals surface area (Å²) in [5.41, 5.74) is 0.978. The number of anilines is 1. The van der Waals surface area contributed by atoms with E-state index in [4.69, 9.17) is 4.74 Å². The molecule has 7 heteroatoms. The molecule has 0 bridgehead atoms. The number of ether oxygens (including phenoxy) is 1. The molecule has 1 saturated heterocycles. The van der Waals surface area contributed by atoms with Crippen molar-refractivity contribution in [2.75, 3.05) is 44.7 Å². The van der Waals surface area contributed by atoms with Gasteiger partial charge in [0.1, 0.15) is 5.75 Å².